The second-order valence-electron chi connectivity index (χ2n) is 3.18. The Labute approximate surface area is 81.9 Å². The fourth-order valence-corrected chi connectivity index (χ4v) is 2.81. The van der Waals surface area contributed by atoms with E-state index < -0.39 is 0 Å². The second kappa shape index (κ2) is 3.23. The molecule has 0 spiro atoms. The summed E-state index contributed by atoms with van der Waals surface area (Å²) in [5.41, 5.74) is 2.83. The molecule has 0 nitrogen and oxygen atoms in total. The van der Waals surface area contributed by atoms with E-state index in [1.807, 2.05) is 11.3 Å². The first-order chi connectivity index (χ1) is 5.77. The van der Waals surface area contributed by atoms with Gasteiger partial charge in [-0.1, -0.05) is 6.08 Å². The molecule has 1 aliphatic carbocycles. The Balaban J connectivity index is 2.32. The van der Waals surface area contributed by atoms with Crippen LogP contribution >= 0.6 is 22.9 Å². The van der Waals surface area contributed by atoms with Crippen LogP contribution in [0.2, 0.25) is 0 Å². The van der Waals surface area contributed by atoms with Crippen molar-refractivity contribution in [2.45, 2.75) is 25.1 Å². The van der Waals surface area contributed by atoms with Crippen LogP contribution in [0.5, 0.6) is 0 Å². The molecule has 1 unspecified atom stereocenters. The van der Waals surface area contributed by atoms with Crippen LogP contribution in [0.15, 0.2) is 17.5 Å². The fourth-order valence-electron chi connectivity index (χ4n) is 1.57. The first-order valence-corrected chi connectivity index (χ1v) is 5.48. The lowest BCUT2D eigenvalue weighted by atomic mass is 10.1. The van der Waals surface area contributed by atoms with Gasteiger partial charge in [0.15, 0.2) is 0 Å². The van der Waals surface area contributed by atoms with Crippen LogP contribution in [0.25, 0.3) is 5.57 Å². The summed E-state index contributed by atoms with van der Waals surface area (Å²) in [5.74, 6) is 0. The van der Waals surface area contributed by atoms with E-state index in [9.17, 15) is 0 Å². The largest absolute Gasteiger partial charge is 0.144 e. The Kier molecular flexibility index (Phi) is 2.24. The van der Waals surface area contributed by atoms with Crippen LogP contribution < -0.4 is 0 Å². The second-order valence-corrected chi connectivity index (χ2v) is 4.66. The summed E-state index contributed by atoms with van der Waals surface area (Å²) in [4.78, 5) is 1.43. The van der Waals surface area contributed by atoms with E-state index in [4.69, 9.17) is 11.6 Å². The topological polar surface area (TPSA) is 0 Å². The van der Waals surface area contributed by atoms with Crippen LogP contribution in [0.4, 0.5) is 0 Å². The van der Waals surface area contributed by atoms with E-state index in [1.165, 1.54) is 16.0 Å². The third-order valence-electron chi connectivity index (χ3n) is 2.23. The van der Waals surface area contributed by atoms with Gasteiger partial charge in [-0.15, -0.1) is 22.9 Å². The van der Waals surface area contributed by atoms with Gasteiger partial charge in [0.1, 0.15) is 0 Å². The van der Waals surface area contributed by atoms with Crippen molar-refractivity contribution in [1.82, 2.24) is 0 Å². The molecule has 64 valence electrons. The zero-order chi connectivity index (χ0) is 8.55. The van der Waals surface area contributed by atoms with Crippen molar-refractivity contribution in [3.8, 4) is 0 Å². The molecule has 2 rings (SSSR count). The van der Waals surface area contributed by atoms with Crippen molar-refractivity contribution in [2.24, 2.45) is 0 Å². The lowest BCUT2D eigenvalue weighted by Crippen LogP contribution is -1.81. The summed E-state index contributed by atoms with van der Waals surface area (Å²) in [5, 5.41) is 2.41. The molecule has 0 bridgehead atoms. The molecule has 2 heteroatoms. The molecule has 0 N–H and O–H groups in total. The van der Waals surface area contributed by atoms with E-state index in [-0.39, 0.29) is 5.38 Å². The number of rotatable bonds is 1. The van der Waals surface area contributed by atoms with Crippen molar-refractivity contribution in [3.05, 3.63) is 28.0 Å². The van der Waals surface area contributed by atoms with Gasteiger partial charge in [0.05, 0.1) is 5.38 Å². The number of thiophene rings is 1. The zero-order valence-electron chi connectivity index (χ0n) is 7.01. The Morgan fingerprint density at radius 3 is 2.92 bits per heavy atom. The van der Waals surface area contributed by atoms with Gasteiger partial charge in [-0.25, -0.2) is 0 Å². The van der Waals surface area contributed by atoms with Crippen molar-refractivity contribution in [1.29, 1.82) is 0 Å². The van der Waals surface area contributed by atoms with Gasteiger partial charge in [0.2, 0.25) is 0 Å². The van der Waals surface area contributed by atoms with E-state index in [0.29, 0.717) is 0 Å². The van der Waals surface area contributed by atoms with E-state index in [0.717, 1.165) is 12.8 Å². The standard InChI is InChI=1S/C10H11ClS/c1-7-4-5-12-10(7)8-2-3-9(11)6-8/h4-6,9H,2-3H2,1H3. The third kappa shape index (κ3) is 1.44. The lowest BCUT2D eigenvalue weighted by Gasteiger charge is -1.97. The van der Waals surface area contributed by atoms with Gasteiger partial charge >= 0.3 is 0 Å². The van der Waals surface area contributed by atoms with Gasteiger partial charge in [-0.3, -0.25) is 0 Å². The number of hydrogen-bond acceptors (Lipinski definition) is 1. The quantitative estimate of drug-likeness (QED) is 0.602. The minimum Gasteiger partial charge on any atom is -0.144 e. The minimum absolute atomic E-state index is 0.265. The van der Waals surface area contributed by atoms with E-state index in [1.54, 1.807) is 0 Å². The summed E-state index contributed by atoms with van der Waals surface area (Å²) in [7, 11) is 0. The molecular formula is C10H11ClS. The van der Waals surface area contributed by atoms with Gasteiger partial charge in [-0.05, 0) is 42.3 Å². The Hall–Kier alpha value is -0.270. The molecule has 1 aromatic heterocycles. The molecule has 0 aromatic carbocycles. The number of alkyl halides is 1. The van der Waals surface area contributed by atoms with Gasteiger partial charge in [0.25, 0.3) is 0 Å². The zero-order valence-corrected chi connectivity index (χ0v) is 8.58. The average molecular weight is 199 g/mol. The number of hydrogen-bond donors (Lipinski definition) is 0. The molecule has 0 aliphatic heterocycles. The smallest absolute Gasteiger partial charge is 0.0525 e. The minimum atomic E-state index is 0.265. The molecule has 0 saturated heterocycles. The molecule has 0 fully saturated rings. The summed E-state index contributed by atoms with van der Waals surface area (Å²) >= 11 is 7.83. The Bertz CT molecular complexity index is 311. The molecule has 0 saturated carbocycles. The molecule has 1 heterocycles. The highest BCUT2D eigenvalue weighted by molar-refractivity contribution is 7.11. The summed E-state index contributed by atoms with van der Waals surface area (Å²) in [6.07, 6.45) is 4.45. The number of allylic oxidation sites excluding steroid dienone is 2. The molecule has 0 amide bonds. The Morgan fingerprint density at radius 1 is 1.58 bits per heavy atom. The van der Waals surface area contributed by atoms with Gasteiger partial charge in [0, 0.05) is 4.88 Å². The highest BCUT2D eigenvalue weighted by Gasteiger charge is 2.16. The summed E-state index contributed by atoms with van der Waals surface area (Å²) in [6.45, 7) is 2.16. The highest BCUT2D eigenvalue weighted by atomic mass is 35.5. The van der Waals surface area contributed by atoms with E-state index >= 15 is 0 Å². The van der Waals surface area contributed by atoms with Crippen LogP contribution in [-0.2, 0) is 0 Å². The monoisotopic (exact) mass is 198 g/mol. The number of halogens is 1. The lowest BCUT2D eigenvalue weighted by molar-refractivity contribution is 0.942. The molecule has 12 heavy (non-hydrogen) atoms. The first kappa shape index (κ1) is 8.33. The van der Waals surface area contributed by atoms with Gasteiger partial charge < -0.3 is 0 Å². The average Bonchev–Trinajstić information content (AvgIpc) is 2.58. The SMILES string of the molecule is Cc1ccsc1C1=CC(Cl)CC1. The molecule has 1 aromatic rings. The molecule has 1 aliphatic rings. The molecule has 1 atom stereocenters. The third-order valence-corrected chi connectivity index (χ3v) is 3.66. The van der Waals surface area contributed by atoms with Crippen LogP contribution in [-0.4, -0.2) is 5.38 Å². The Morgan fingerprint density at radius 2 is 2.42 bits per heavy atom. The highest BCUT2D eigenvalue weighted by Crippen LogP contribution is 2.34. The van der Waals surface area contributed by atoms with Crippen molar-refractivity contribution in [2.75, 3.05) is 0 Å². The predicted molar refractivity (Wildman–Crippen MR) is 55.9 cm³/mol. The van der Waals surface area contributed by atoms with Crippen LogP contribution in [0.1, 0.15) is 23.3 Å². The van der Waals surface area contributed by atoms with Crippen LogP contribution in [0.3, 0.4) is 0 Å². The summed E-state index contributed by atoms with van der Waals surface area (Å²) in [6, 6.07) is 2.17. The predicted octanol–water partition coefficient (Wildman–Crippen LogP) is 3.84. The number of aryl methyl sites for hydroxylation is 1. The molecular weight excluding hydrogens is 188 g/mol. The maximum Gasteiger partial charge on any atom is 0.0525 e. The normalized spacial score (nSPS) is 22.8. The summed E-state index contributed by atoms with van der Waals surface area (Å²) < 4.78 is 0. The molecule has 0 radical (unpaired) electrons. The van der Waals surface area contributed by atoms with E-state index in [2.05, 4.69) is 24.4 Å². The first-order valence-electron chi connectivity index (χ1n) is 4.16. The van der Waals surface area contributed by atoms with Crippen LogP contribution in [0, 0.1) is 6.92 Å². The maximum atomic E-state index is 6.00. The van der Waals surface area contributed by atoms with Crippen molar-refractivity contribution >= 4 is 28.5 Å². The fraction of sp³-hybridized carbons (Fsp3) is 0.400. The van der Waals surface area contributed by atoms with Crippen molar-refractivity contribution < 1.29 is 0 Å². The van der Waals surface area contributed by atoms with Crippen molar-refractivity contribution in [3.63, 3.8) is 0 Å². The maximum absolute atomic E-state index is 6.00. The van der Waals surface area contributed by atoms with Gasteiger partial charge in [-0.2, -0.15) is 0 Å².